The second kappa shape index (κ2) is 9.78. The number of nitrogens with one attached hydrogen (secondary N) is 1. The van der Waals surface area contributed by atoms with E-state index >= 15 is 0 Å². The summed E-state index contributed by atoms with van der Waals surface area (Å²) in [4.78, 5) is 0. The van der Waals surface area contributed by atoms with Gasteiger partial charge in [0.15, 0.2) is 0 Å². The first-order chi connectivity index (χ1) is 9.26. The zero-order valence-corrected chi connectivity index (χ0v) is 12.1. The van der Waals surface area contributed by atoms with E-state index in [0.29, 0.717) is 25.7 Å². The molecule has 1 atom stereocenters. The van der Waals surface area contributed by atoms with Crippen molar-refractivity contribution >= 4 is 5.69 Å². The smallest absolute Gasteiger partial charge is 0.0718 e. The molecule has 0 fully saturated rings. The van der Waals surface area contributed by atoms with E-state index in [1.165, 1.54) is 5.56 Å². The standard InChI is InChI=1S/C15H25NO3/c1-13(11-18-3)10-16-15-6-4-5-14(9-15)12-19-8-7-17-2/h4-6,9,13,16H,7-8,10-12H2,1-3H3. The maximum absolute atomic E-state index is 5.51. The molecule has 0 bridgehead atoms. The third-order valence-electron chi connectivity index (χ3n) is 2.73. The Kier molecular flexibility index (Phi) is 8.21. The highest BCUT2D eigenvalue weighted by Gasteiger charge is 2.01. The molecule has 0 saturated heterocycles. The molecule has 1 N–H and O–H groups in total. The van der Waals surface area contributed by atoms with E-state index in [4.69, 9.17) is 14.2 Å². The van der Waals surface area contributed by atoms with E-state index in [0.717, 1.165) is 18.8 Å². The quantitative estimate of drug-likeness (QED) is 0.661. The fourth-order valence-corrected chi connectivity index (χ4v) is 1.74. The number of methoxy groups -OCH3 is 2. The van der Waals surface area contributed by atoms with Crippen LogP contribution < -0.4 is 5.32 Å². The molecule has 108 valence electrons. The lowest BCUT2D eigenvalue weighted by Gasteiger charge is -2.13. The van der Waals surface area contributed by atoms with E-state index in [1.807, 2.05) is 6.07 Å². The predicted octanol–water partition coefficient (Wildman–Crippen LogP) is 2.54. The summed E-state index contributed by atoms with van der Waals surface area (Å²) >= 11 is 0. The molecule has 0 aliphatic rings. The first kappa shape index (κ1) is 16.0. The van der Waals surface area contributed by atoms with Crippen LogP contribution in [0.15, 0.2) is 24.3 Å². The van der Waals surface area contributed by atoms with Gasteiger partial charge in [-0.3, -0.25) is 0 Å². The summed E-state index contributed by atoms with van der Waals surface area (Å²) in [5.74, 6) is 0.492. The van der Waals surface area contributed by atoms with Crippen LogP contribution in [0, 0.1) is 5.92 Å². The maximum Gasteiger partial charge on any atom is 0.0718 e. The molecular weight excluding hydrogens is 242 g/mol. The molecule has 0 saturated carbocycles. The van der Waals surface area contributed by atoms with Gasteiger partial charge in [-0.1, -0.05) is 19.1 Å². The molecular formula is C15H25NO3. The topological polar surface area (TPSA) is 39.7 Å². The van der Waals surface area contributed by atoms with Crippen LogP contribution in [0.2, 0.25) is 0 Å². The van der Waals surface area contributed by atoms with Gasteiger partial charge in [0.1, 0.15) is 0 Å². The van der Waals surface area contributed by atoms with Crippen molar-refractivity contribution in [1.29, 1.82) is 0 Å². The number of benzene rings is 1. The van der Waals surface area contributed by atoms with Crippen molar-refractivity contribution in [2.45, 2.75) is 13.5 Å². The fourth-order valence-electron chi connectivity index (χ4n) is 1.74. The lowest BCUT2D eigenvalue weighted by atomic mass is 10.1. The largest absolute Gasteiger partial charge is 0.385 e. The average Bonchev–Trinajstić information content (AvgIpc) is 2.42. The second-order valence-electron chi connectivity index (χ2n) is 4.69. The minimum atomic E-state index is 0.492. The van der Waals surface area contributed by atoms with Gasteiger partial charge in [0.25, 0.3) is 0 Å². The molecule has 0 aliphatic heterocycles. The molecule has 1 unspecified atom stereocenters. The summed E-state index contributed by atoms with van der Waals surface area (Å²) in [6.45, 7) is 5.71. The van der Waals surface area contributed by atoms with Crippen LogP contribution in [-0.2, 0) is 20.8 Å². The molecule has 1 aromatic carbocycles. The van der Waals surface area contributed by atoms with E-state index in [1.54, 1.807) is 14.2 Å². The molecule has 4 nitrogen and oxygen atoms in total. The van der Waals surface area contributed by atoms with Gasteiger partial charge in [0.2, 0.25) is 0 Å². The lowest BCUT2D eigenvalue weighted by Crippen LogP contribution is -2.15. The van der Waals surface area contributed by atoms with Crippen LogP contribution in [0.5, 0.6) is 0 Å². The van der Waals surface area contributed by atoms with Gasteiger partial charge >= 0.3 is 0 Å². The Bertz CT molecular complexity index is 344. The molecule has 0 amide bonds. The summed E-state index contributed by atoms with van der Waals surface area (Å²) < 4.78 is 15.6. The van der Waals surface area contributed by atoms with Crippen LogP contribution in [0.25, 0.3) is 0 Å². The summed E-state index contributed by atoms with van der Waals surface area (Å²) in [5.41, 5.74) is 2.29. The molecule has 0 aromatic heterocycles. The van der Waals surface area contributed by atoms with Crippen LogP contribution >= 0.6 is 0 Å². The first-order valence-electron chi connectivity index (χ1n) is 6.64. The third-order valence-corrected chi connectivity index (χ3v) is 2.73. The van der Waals surface area contributed by atoms with Gasteiger partial charge in [-0.2, -0.15) is 0 Å². The van der Waals surface area contributed by atoms with Crippen molar-refractivity contribution in [1.82, 2.24) is 0 Å². The minimum Gasteiger partial charge on any atom is -0.385 e. The number of ether oxygens (including phenoxy) is 3. The number of anilines is 1. The molecule has 0 heterocycles. The maximum atomic E-state index is 5.51. The Labute approximate surface area is 116 Å². The zero-order chi connectivity index (χ0) is 13.9. The summed E-state index contributed by atoms with van der Waals surface area (Å²) in [6, 6.07) is 8.29. The summed E-state index contributed by atoms with van der Waals surface area (Å²) in [6.07, 6.45) is 0. The molecule has 4 heteroatoms. The highest BCUT2D eigenvalue weighted by atomic mass is 16.5. The molecule has 0 aliphatic carbocycles. The van der Waals surface area contributed by atoms with Crippen LogP contribution in [-0.4, -0.2) is 40.6 Å². The third kappa shape index (κ3) is 7.15. The van der Waals surface area contributed by atoms with Crippen molar-refractivity contribution in [2.24, 2.45) is 5.92 Å². The Morgan fingerprint density at radius 2 is 2.00 bits per heavy atom. The molecule has 1 rings (SSSR count). The Balaban J connectivity index is 2.34. The summed E-state index contributed by atoms with van der Waals surface area (Å²) in [5, 5.41) is 3.41. The highest BCUT2D eigenvalue weighted by molar-refractivity contribution is 5.45. The van der Waals surface area contributed by atoms with Gasteiger partial charge < -0.3 is 19.5 Å². The second-order valence-corrected chi connectivity index (χ2v) is 4.69. The molecule has 0 spiro atoms. The highest BCUT2D eigenvalue weighted by Crippen LogP contribution is 2.12. The van der Waals surface area contributed by atoms with Crippen molar-refractivity contribution < 1.29 is 14.2 Å². The van der Waals surface area contributed by atoms with Crippen molar-refractivity contribution in [3.63, 3.8) is 0 Å². The molecule has 1 aromatic rings. The Hall–Kier alpha value is -1.10. The Morgan fingerprint density at radius 3 is 2.74 bits per heavy atom. The van der Waals surface area contributed by atoms with Gasteiger partial charge in [-0.25, -0.2) is 0 Å². The zero-order valence-electron chi connectivity index (χ0n) is 12.1. The number of rotatable bonds is 10. The first-order valence-corrected chi connectivity index (χ1v) is 6.64. The van der Waals surface area contributed by atoms with Crippen LogP contribution in [0.3, 0.4) is 0 Å². The lowest BCUT2D eigenvalue weighted by molar-refractivity contribution is 0.0617. The molecule has 0 radical (unpaired) electrons. The van der Waals surface area contributed by atoms with Crippen molar-refractivity contribution in [3.8, 4) is 0 Å². The number of hydrogen-bond donors (Lipinski definition) is 1. The SMILES string of the molecule is COCCOCc1cccc(NCC(C)COC)c1. The van der Waals surface area contributed by atoms with Crippen LogP contribution in [0.4, 0.5) is 5.69 Å². The predicted molar refractivity (Wildman–Crippen MR) is 77.5 cm³/mol. The normalized spacial score (nSPS) is 12.4. The minimum absolute atomic E-state index is 0.492. The Morgan fingerprint density at radius 1 is 1.16 bits per heavy atom. The monoisotopic (exact) mass is 267 g/mol. The van der Waals surface area contributed by atoms with Crippen LogP contribution in [0.1, 0.15) is 12.5 Å². The van der Waals surface area contributed by atoms with E-state index in [-0.39, 0.29) is 0 Å². The van der Waals surface area contributed by atoms with E-state index < -0.39 is 0 Å². The van der Waals surface area contributed by atoms with Gasteiger partial charge in [0.05, 0.1) is 26.4 Å². The fraction of sp³-hybridized carbons (Fsp3) is 0.600. The summed E-state index contributed by atoms with van der Waals surface area (Å²) in [7, 11) is 3.41. The van der Waals surface area contributed by atoms with E-state index in [9.17, 15) is 0 Å². The average molecular weight is 267 g/mol. The van der Waals surface area contributed by atoms with Crippen molar-refractivity contribution in [2.75, 3.05) is 45.9 Å². The van der Waals surface area contributed by atoms with Crippen molar-refractivity contribution in [3.05, 3.63) is 29.8 Å². The van der Waals surface area contributed by atoms with Gasteiger partial charge in [-0.15, -0.1) is 0 Å². The van der Waals surface area contributed by atoms with E-state index in [2.05, 4.69) is 30.4 Å². The van der Waals surface area contributed by atoms with Gasteiger partial charge in [0, 0.05) is 26.5 Å². The molecule has 19 heavy (non-hydrogen) atoms. The van der Waals surface area contributed by atoms with Gasteiger partial charge in [-0.05, 0) is 23.6 Å². The number of hydrogen-bond acceptors (Lipinski definition) is 4.